The molecule has 2 N–H and O–H groups in total. The molecule has 0 fully saturated rings. The molecule has 0 spiro atoms. The molecule has 1 aromatic carbocycles. The highest BCUT2D eigenvalue weighted by atomic mass is 19.1. The molecule has 0 saturated heterocycles. The van der Waals surface area contributed by atoms with Crippen molar-refractivity contribution in [2.45, 2.75) is 39.5 Å². The highest BCUT2D eigenvalue weighted by Gasteiger charge is 2.16. The number of anilines is 3. The second-order valence-electron chi connectivity index (χ2n) is 5.49. The van der Waals surface area contributed by atoms with Gasteiger partial charge in [-0.2, -0.15) is 15.0 Å². The Hall–Kier alpha value is -2.24. The van der Waals surface area contributed by atoms with Crippen molar-refractivity contribution in [3.05, 3.63) is 35.9 Å². The van der Waals surface area contributed by atoms with Crippen LogP contribution in [0.25, 0.3) is 0 Å². The van der Waals surface area contributed by atoms with Gasteiger partial charge in [0, 0.05) is 18.2 Å². The Morgan fingerprint density at radius 3 is 2.41 bits per heavy atom. The van der Waals surface area contributed by atoms with Gasteiger partial charge in [-0.3, -0.25) is 0 Å². The van der Waals surface area contributed by atoms with Gasteiger partial charge in [0.1, 0.15) is 11.6 Å². The number of hydrogen-bond donors (Lipinski definition) is 1. The van der Waals surface area contributed by atoms with Gasteiger partial charge in [-0.1, -0.05) is 27.2 Å². The molecule has 2 aromatic rings. The summed E-state index contributed by atoms with van der Waals surface area (Å²) in [5, 5.41) is 0. The Morgan fingerprint density at radius 2 is 1.82 bits per heavy atom. The van der Waals surface area contributed by atoms with Crippen LogP contribution in [0.15, 0.2) is 24.3 Å². The first-order valence-corrected chi connectivity index (χ1v) is 7.55. The van der Waals surface area contributed by atoms with E-state index in [0.29, 0.717) is 11.8 Å². The number of hydrogen-bond acceptors (Lipinski definition) is 5. The minimum atomic E-state index is -0.266. The summed E-state index contributed by atoms with van der Waals surface area (Å²) in [5.74, 6) is 1.27. The summed E-state index contributed by atoms with van der Waals surface area (Å²) in [7, 11) is 0. The molecule has 0 radical (unpaired) electrons. The summed E-state index contributed by atoms with van der Waals surface area (Å²) in [6, 6.07) is 6.31. The van der Waals surface area contributed by atoms with E-state index in [-0.39, 0.29) is 17.7 Å². The van der Waals surface area contributed by atoms with Crippen molar-refractivity contribution in [2.75, 3.05) is 17.2 Å². The Labute approximate surface area is 130 Å². The molecule has 6 heteroatoms. The molecular weight excluding hydrogens is 281 g/mol. The van der Waals surface area contributed by atoms with Crippen molar-refractivity contribution in [3.63, 3.8) is 0 Å². The summed E-state index contributed by atoms with van der Waals surface area (Å²) in [6.07, 6.45) is 2.01. The molecule has 0 aliphatic carbocycles. The largest absolute Gasteiger partial charge is 0.368 e. The van der Waals surface area contributed by atoms with Gasteiger partial charge in [0.25, 0.3) is 0 Å². The van der Waals surface area contributed by atoms with Crippen molar-refractivity contribution in [2.24, 2.45) is 0 Å². The van der Waals surface area contributed by atoms with Crippen LogP contribution in [0.3, 0.4) is 0 Å². The normalized spacial score (nSPS) is 11.0. The van der Waals surface area contributed by atoms with Gasteiger partial charge in [0.15, 0.2) is 0 Å². The van der Waals surface area contributed by atoms with Crippen molar-refractivity contribution < 1.29 is 4.39 Å². The molecule has 0 unspecified atom stereocenters. The maximum Gasteiger partial charge on any atom is 0.234 e. The predicted octanol–water partition coefficient (Wildman–Crippen LogP) is 3.65. The predicted molar refractivity (Wildman–Crippen MR) is 86.6 cm³/mol. The smallest absolute Gasteiger partial charge is 0.234 e. The second-order valence-corrected chi connectivity index (χ2v) is 5.49. The second kappa shape index (κ2) is 7.15. The quantitative estimate of drug-likeness (QED) is 0.882. The average Bonchev–Trinajstić information content (AvgIpc) is 2.49. The molecule has 0 bridgehead atoms. The lowest BCUT2D eigenvalue weighted by Gasteiger charge is -2.23. The van der Waals surface area contributed by atoms with Crippen LogP contribution in [0.5, 0.6) is 0 Å². The van der Waals surface area contributed by atoms with Gasteiger partial charge in [-0.15, -0.1) is 0 Å². The van der Waals surface area contributed by atoms with E-state index >= 15 is 0 Å². The fourth-order valence-electron chi connectivity index (χ4n) is 2.06. The molecule has 1 heterocycles. The first-order chi connectivity index (χ1) is 10.5. The van der Waals surface area contributed by atoms with Crippen molar-refractivity contribution in [3.8, 4) is 0 Å². The monoisotopic (exact) mass is 303 g/mol. The Morgan fingerprint density at radius 1 is 1.14 bits per heavy atom. The third-order valence-electron chi connectivity index (χ3n) is 3.29. The fourth-order valence-corrected chi connectivity index (χ4v) is 2.06. The summed E-state index contributed by atoms with van der Waals surface area (Å²) < 4.78 is 13.2. The van der Waals surface area contributed by atoms with E-state index in [1.54, 1.807) is 12.1 Å². The number of nitrogens with zero attached hydrogens (tertiary/aromatic N) is 4. The van der Waals surface area contributed by atoms with E-state index in [9.17, 15) is 4.39 Å². The summed E-state index contributed by atoms with van der Waals surface area (Å²) in [6.45, 7) is 6.87. The van der Waals surface area contributed by atoms with Crippen LogP contribution in [0.2, 0.25) is 0 Å². The minimum Gasteiger partial charge on any atom is -0.368 e. The third kappa shape index (κ3) is 3.90. The Balaban J connectivity index is 2.42. The van der Waals surface area contributed by atoms with E-state index in [2.05, 4.69) is 21.9 Å². The maximum absolute atomic E-state index is 13.2. The van der Waals surface area contributed by atoms with Crippen LogP contribution in [-0.2, 0) is 0 Å². The third-order valence-corrected chi connectivity index (χ3v) is 3.29. The molecule has 22 heavy (non-hydrogen) atoms. The number of unbranched alkanes of at least 4 members (excludes halogenated alkanes) is 1. The molecule has 0 atom stereocenters. The summed E-state index contributed by atoms with van der Waals surface area (Å²) >= 11 is 0. The van der Waals surface area contributed by atoms with E-state index in [0.717, 1.165) is 25.1 Å². The zero-order valence-corrected chi connectivity index (χ0v) is 13.3. The number of halogens is 1. The molecule has 0 aliphatic heterocycles. The lowest BCUT2D eigenvalue weighted by Crippen LogP contribution is -2.22. The zero-order valence-electron chi connectivity index (χ0n) is 13.3. The average molecular weight is 303 g/mol. The van der Waals surface area contributed by atoms with E-state index in [1.807, 2.05) is 18.7 Å². The van der Waals surface area contributed by atoms with E-state index in [4.69, 9.17) is 5.73 Å². The molecule has 0 aliphatic rings. The van der Waals surface area contributed by atoms with Gasteiger partial charge in [0.05, 0.1) is 0 Å². The van der Waals surface area contributed by atoms with E-state index < -0.39 is 0 Å². The first-order valence-electron chi connectivity index (χ1n) is 7.55. The Bertz CT molecular complexity index is 612. The van der Waals surface area contributed by atoms with Gasteiger partial charge >= 0.3 is 0 Å². The first kappa shape index (κ1) is 16.1. The SMILES string of the molecule is CCCCN(c1ccc(F)cc1)c1nc(N)nc(C(C)C)n1. The number of nitrogen functional groups attached to an aromatic ring is 1. The highest BCUT2D eigenvalue weighted by Crippen LogP contribution is 2.24. The van der Waals surface area contributed by atoms with Crippen molar-refractivity contribution >= 4 is 17.6 Å². The molecular formula is C16H22FN5. The van der Waals surface area contributed by atoms with Crippen LogP contribution in [0, 0.1) is 5.82 Å². The van der Waals surface area contributed by atoms with Gasteiger partial charge in [-0.25, -0.2) is 4.39 Å². The summed E-state index contributed by atoms with van der Waals surface area (Å²) in [5.41, 5.74) is 6.66. The minimum absolute atomic E-state index is 0.158. The topological polar surface area (TPSA) is 67.9 Å². The van der Waals surface area contributed by atoms with Gasteiger partial charge in [0.2, 0.25) is 11.9 Å². The van der Waals surface area contributed by atoms with Crippen LogP contribution < -0.4 is 10.6 Å². The lowest BCUT2D eigenvalue weighted by atomic mass is 10.2. The number of nitrogens with two attached hydrogens (primary N) is 1. The number of benzene rings is 1. The van der Waals surface area contributed by atoms with Gasteiger partial charge < -0.3 is 10.6 Å². The molecule has 0 saturated carbocycles. The van der Waals surface area contributed by atoms with Crippen molar-refractivity contribution in [1.82, 2.24) is 15.0 Å². The molecule has 118 valence electrons. The van der Waals surface area contributed by atoms with Crippen LogP contribution in [0.4, 0.5) is 22.0 Å². The van der Waals surface area contributed by atoms with Crippen LogP contribution in [0.1, 0.15) is 45.4 Å². The standard InChI is InChI=1S/C16H22FN5/c1-4-5-10-22(13-8-6-12(17)7-9-13)16-20-14(11(2)3)19-15(18)21-16/h6-9,11H,4-5,10H2,1-3H3,(H2,18,19,20,21). The van der Waals surface area contributed by atoms with Crippen molar-refractivity contribution in [1.29, 1.82) is 0 Å². The molecule has 5 nitrogen and oxygen atoms in total. The maximum atomic E-state index is 13.2. The highest BCUT2D eigenvalue weighted by molar-refractivity contribution is 5.57. The van der Waals surface area contributed by atoms with Crippen LogP contribution in [-0.4, -0.2) is 21.5 Å². The number of rotatable bonds is 6. The molecule has 0 amide bonds. The fraction of sp³-hybridized carbons (Fsp3) is 0.438. The molecule has 1 aromatic heterocycles. The zero-order chi connectivity index (χ0) is 16.1. The summed E-state index contributed by atoms with van der Waals surface area (Å²) in [4.78, 5) is 14.9. The number of aromatic nitrogens is 3. The van der Waals surface area contributed by atoms with E-state index in [1.165, 1.54) is 12.1 Å². The van der Waals surface area contributed by atoms with Gasteiger partial charge in [-0.05, 0) is 30.7 Å². The molecule has 2 rings (SSSR count). The lowest BCUT2D eigenvalue weighted by molar-refractivity contribution is 0.627. The van der Waals surface area contributed by atoms with Crippen LogP contribution >= 0.6 is 0 Å². The Kier molecular flexibility index (Phi) is 5.25.